The zero-order valence-corrected chi connectivity index (χ0v) is 19.7. The average Bonchev–Trinajstić information content (AvgIpc) is 3.06. The number of rotatable bonds is 3. The lowest BCUT2D eigenvalue weighted by Crippen LogP contribution is -2.61. The molecular weight excluding hydrogens is 408 g/mol. The minimum Gasteiger partial charge on any atom is -0.393 e. The van der Waals surface area contributed by atoms with Crippen molar-refractivity contribution in [2.45, 2.75) is 70.9 Å². The summed E-state index contributed by atoms with van der Waals surface area (Å²) >= 11 is 0. The van der Waals surface area contributed by atoms with Crippen LogP contribution >= 0.6 is 0 Å². The van der Waals surface area contributed by atoms with Gasteiger partial charge in [0, 0.05) is 18.4 Å². The highest BCUT2D eigenvalue weighted by Gasteiger charge is 2.61. The molecule has 1 aromatic rings. The third-order valence-electron chi connectivity index (χ3n) is 9.60. The summed E-state index contributed by atoms with van der Waals surface area (Å²) < 4.78 is 27.5. The van der Waals surface area contributed by atoms with Crippen LogP contribution in [-0.2, 0) is 10.0 Å². The maximum Gasteiger partial charge on any atom is 0.208 e. The van der Waals surface area contributed by atoms with E-state index in [0.717, 1.165) is 25.7 Å². The molecule has 5 nitrogen and oxygen atoms in total. The van der Waals surface area contributed by atoms with E-state index in [1.54, 1.807) is 0 Å². The number of sulfonamides is 1. The fraction of sp³-hybridized carbons (Fsp3) is 0.720. The zero-order chi connectivity index (χ0) is 22.0. The molecular formula is C25H36N2O3S. The van der Waals surface area contributed by atoms with Crippen molar-refractivity contribution in [3.63, 3.8) is 0 Å². The molecule has 5 rings (SSSR count). The fourth-order valence-corrected chi connectivity index (χ4v) is 9.07. The molecule has 0 amide bonds. The van der Waals surface area contributed by atoms with Crippen LogP contribution in [0.3, 0.4) is 0 Å². The number of aromatic nitrogens is 1. The van der Waals surface area contributed by atoms with Crippen LogP contribution in [0.1, 0.15) is 64.4 Å². The van der Waals surface area contributed by atoms with Crippen LogP contribution in [0.15, 0.2) is 30.6 Å². The number of hydrogen-bond acceptors (Lipinski definition) is 4. The van der Waals surface area contributed by atoms with Gasteiger partial charge in [-0.3, -0.25) is 4.98 Å². The van der Waals surface area contributed by atoms with Gasteiger partial charge in [-0.1, -0.05) is 26.0 Å². The highest BCUT2D eigenvalue weighted by molar-refractivity contribution is 7.88. The predicted molar refractivity (Wildman–Crippen MR) is 122 cm³/mol. The Bertz CT molecular complexity index is 978. The summed E-state index contributed by atoms with van der Waals surface area (Å²) in [5.74, 6) is 1.85. The van der Waals surface area contributed by atoms with Crippen LogP contribution < -0.4 is 4.72 Å². The van der Waals surface area contributed by atoms with Gasteiger partial charge >= 0.3 is 0 Å². The summed E-state index contributed by atoms with van der Waals surface area (Å²) in [4.78, 5) is 4.36. The van der Waals surface area contributed by atoms with Gasteiger partial charge in [-0.05, 0) is 96.7 Å². The third kappa shape index (κ3) is 3.50. The van der Waals surface area contributed by atoms with Crippen LogP contribution in [0.2, 0.25) is 0 Å². The number of aliphatic hydroxyl groups is 1. The molecule has 8 atom stereocenters. The second-order valence-electron chi connectivity index (χ2n) is 11.2. The first-order valence-electron chi connectivity index (χ1n) is 11.9. The Balaban J connectivity index is 1.50. The molecule has 0 spiro atoms. The third-order valence-corrected chi connectivity index (χ3v) is 10.3. The van der Waals surface area contributed by atoms with Crippen LogP contribution in [0.25, 0.3) is 5.57 Å². The molecule has 3 fully saturated rings. The molecule has 170 valence electrons. The summed E-state index contributed by atoms with van der Waals surface area (Å²) in [6, 6.07) is 4.11. The molecule has 0 aromatic carbocycles. The Labute approximate surface area is 186 Å². The van der Waals surface area contributed by atoms with E-state index in [2.05, 4.69) is 35.7 Å². The molecule has 6 heteroatoms. The highest BCUT2D eigenvalue weighted by Crippen LogP contribution is 2.67. The van der Waals surface area contributed by atoms with Crippen molar-refractivity contribution in [3.05, 3.63) is 36.2 Å². The second-order valence-corrected chi connectivity index (χ2v) is 13.0. The van der Waals surface area contributed by atoms with Crippen molar-refractivity contribution in [2.75, 3.05) is 6.26 Å². The van der Waals surface area contributed by atoms with E-state index in [0.29, 0.717) is 24.2 Å². The number of fused-ring (bicyclic) bond motifs is 5. The molecule has 1 aromatic heterocycles. The van der Waals surface area contributed by atoms with E-state index >= 15 is 0 Å². The Morgan fingerprint density at radius 2 is 1.94 bits per heavy atom. The van der Waals surface area contributed by atoms with Gasteiger partial charge in [-0.25, -0.2) is 13.1 Å². The first-order valence-corrected chi connectivity index (χ1v) is 13.8. The maximum absolute atomic E-state index is 12.3. The molecule has 0 bridgehead atoms. The van der Waals surface area contributed by atoms with E-state index < -0.39 is 10.0 Å². The average molecular weight is 445 g/mol. The van der Waals surface area contributed by atoms with Gasteiger partial charge < -0.3 is 5.11 Å². The summed E-state index contributed by atoms with van der Waals surface area (Å²) in [5.41, 5.74) is 2.88. The van der Waals surface area contributed by atoms with Crippen LogP contribution in [0, 0.1) is 34.5 Å². The predicted octanol–water partition coefficient (Wildman–Crippen LogP) is 4.01. The molecule has 0 saturated heterocycles. The summed E-state index contributed by atoms with van der Waals surface area (Å²) in [6.45, 7) is 4.82. The van der Waals surface area contributed by atoms with E-state index in [1.807, 2.05) is 18.5 Å². The molecule has 3 saturated carbocycles. The number of aliphatic hydroxyl groups excluding tert-OH is 1. The van der Waals surface area contributed by atoms with E-state index in [-0.39, 0.29) is 28.9 Å². The highest BCUT2D eigenvalue weighted by atomic mass is 32.2. The SMILES string of the molecule is C[C@]12CC[C@H](O)C[C@@H]1[C@H](NS(C)(=O)=O)C[C@@H]1[C@@H]2CC[C@]2(C)C(c3cccnc3)=CC[C@@H]12. The quantitative estimate of drug-likeness (QED) is 0.738. The van der Waals surface area contributed by atoms with Crippen molar-refractivity contribution >= 4 is 15.6 Å². The minimum atomic E-state index is -3.30. The molecule has 0 aliphatic heterocycles. The standard InChI is InChI=1S/C25H36N2O3S/c1-24-11-9-21-18(20(24)7-6-19(24)16-5-4-12-26-15-16)14-23(27-31(3,29)30)22-13-17(28)8-10-25(21,22)2/h4-6,12,15,17-18,20-23,27-28H,7-11,13-14H2,1-3H3/t17-,18-,20-,21-,22+,23+,24+,25+/m0/s1. The van der Waals surface area contributed by atoms with Gasteiger partial charge in [0.1, 0.15) is 0 Å². The Morgan fingerprint density at radius 3 is 2.65 bits per heavy atom. The molecule has 31 heavy (non-hydrogen) atoms. The Morgan fingerprint density at radius 1 is 1.13 bits per heavy atom. The number of nitrogens with one attached hydrogen (secondary N) is 1. The molecule has 4 aliphatic carbocycles. The minimum absolute atomic E-state index is 0.0824. The van der Waals surface area contributed by atoms with Gasteiger partial charge in [0.05, 0.1) is 12.4 Å². The first-order chi connectivity index (χ1) is 14.6. The molecule has 4 aliphatic rings. The lowest BCUT2D eigenvalue weighted by molar-refractivity contribution is -0.125. The lowest BCUT2D eigenvalue weighted by Gasteiger charge is -2.62. The van der Waals surface area contributed by atoms with E-state index in [4.69, 9.17) is 0 Å². The monoisotopic (exact) mass is 444 g/mol. The lowest BCUT2D eigenvalue weighted by atomic mass is 9.43. The fourth-order valence-electron chi connectivity index (χ4n) is 8.26. The van der Waals surface area contributed by atoms with E-state index in [1.165, 1.54) is 30.2 Å². The normalized spacial score (nSPS) is 44.7. The van der Waals surface area contributed by atoms with Gasteiger partial charge in [0.2, 0.25) is 10.0 Å². The van der Waals surface area contributed by atoms with Crippen molar-refractivity contribution < 1.29 is 13.5 Å². The van der Waals surface area contributed by atoms with Crippen molar-refractivity contribution in [1.29, 1.82) is 0 Å². The second kappa shape index (κ2) is 7.39. The van der Waals surface area contributed by atoms with Crippen molar-refractivity contribution in [3.8, 4) is 0 Å². The smallest absolute Gasteiger partial charge is 0.208 e. The topological polar surface area (TPSA) is 79.3 Å². The number of allylic oxidation sites excluding steroid dienone is 2. The summed E-state index contributed by atoms with van der Waals surface area (Å²) in [6.07, 6.45) is 14.1. The zero-order valence-electron chi connectivity index (χ0n) is 18.9. The molecule has 2 N–H and O–H groups in total. The summed E-state index contributed by atoms with van der Waals surface area (Å²) in [7, 11) is -3.30. The number of hydrogen-bond donors (Lipinski definition) is 2. The number of nitrogens with zero attached hydrogens (tertiary/aromatic N) is 1. The first kappa shape index (κ1) is 21.6. The van der Waals surface area contributed by atoms with E-state index in [9.17, 15) is 13.5 Å². The Hall–Kier alpha value is -1.24. The van der Waals surface area contributed by atoms with Crippen molar-refractivity contribution in [2.24, 2.45) is 34.5 Å². The largest absolute Gasteiger partial charge is 0.393 e. The Kier molecular flexibility index (Phi) is 5.15. The van der Waals surface area contributed by atoms with Gasteiger partial charge in [0.15, 0.2) is 0 Å². The molecule has 1 heterocycles. The summed E-state index contributed by atoms with van der Waals surface area (Å²) in [5, 5.41) is 10.4. The maximum atomic E-state index is 12.3. The van der Waals surface area contributed by atoms with Gasteiger partial charge in [0.25, 0.3) is 0 Å². The van der Waals surface area contributed by atoms with Crippen LogP contribution in [-0.4, -0.2) is 36.9 Å². The van der Waals surface area contributed by atoms with Crippen LogP contribution in [0.5, 0.6) is 0 Å². The van der Waals surface area contributed by atoms with Crippen molar-refractivity contribution in [1.82, 2.24) is 9.71 Å². The van der Waals surface area contributed by atoms with Crippen LogP contribution in [0.4, 0.5) is 0 Å². The number of pyridine rings is 1. The van der Waals surface area contributed by atoms with Gasteiger partial charge in [-0.15, -0.1) is 0 Å². The molecule has 0 unspecified atom stereocenters. The van der Waals surface area contributed by atoms with Gasteiger partial charge in [-0.2, -0.15) is 0 Å². The molecule has 0 radical (unpaired) electrons.